The number of rotatable bonds is 4. The average Bonchev–Trinajstić information content (AvgIpc) is 3.31. The molecular formula is C17H21ClN2O2. The van der Waals surface area contributed by atoms with Crippen molar-refractivity contribution in [3.05, 3.63) is 34.9 Å². The van der Waals surface area contributed by atoms with Gasteiger partial charge in [0.2, 0.25) is 5.91 Å². The summed E-state index contributed by atoms with van der Waals surface area (Å²) in [4.78, 5) is 26.1. The van der Waals surface area contributed by atoms with E-state index in [1.54, 1.807) is 12.1 Å². The fourth-order valence-corrected chi connectivity index (χ4v) is 3.14. The highest BCUT2D eigenvalue weighted by molar-refractivity contribution is 6.33. The molecule has 0 atom stereocenters. The van der Waals surface area contributed by atoms with Crippen LogP contribution in [0.4, 0.5) is 0 Å². The molecule has 1 saturated carbocycles. The maximum atomic E-state index is 12.5. The Hall–Kier alpha value is -1.55. The van der Waals surface area contributed by atoms with Gasteiger partial charge in [0, 0.05) is 25.6 Å². The maximum absolute atomic E-state index is 12.5. The van der Waals surface area contributed by atoms with Crippen LogP contribution in [0.15, 0.2) is 24.3 Å². The normalized spacial score (nSPS) is 19.0. The second kappa shape index (κ2) is 6.69. The summed E-state index contributed by atoms with van der Waals surface area (Å²) in [6, 6.07) is 7.58. The van der Waals surface area contributed by atoms with Crippen LogP contribution in [0, 0.1) is 5.92 Å². The number of nitrogens with one attached hydrogen (secondary N) is 1. The van der Waals surface area contributed by atoms with E-state index >= 15 is 0 Å². The lowest BCUT2D eigenvalue weighted by Gasteiger charge is -2.32. The molecule has 0 spiro atoms. The van der Waals surface area contributed by atoms with Gasteiger partial charge in [-0.1, -0.05) is 23.7 Å². The van der Waals surface area contributed by atoms with Gasteiger partial charge >= 0.3 is 0 Å². The first kappa shape index (κ1) is 15.3. The fraction of sp³-hybridized carbons (Fsp3) is 0.529. The number of carbonyl (C=O) groups excluding carboxylic acids is 2. The van der Waals surface area contributed by atoms with Crippen molar-refractivity contribution in [2.24, 2.45) is 5.92 Å². The highest BCUT2D eigenvalue weighted by atomic mass is 35.5. The Balaban J connectivity index is 1.49. The second-order valence-electron chi connectivity index (χ2n) is 6.26. The summed E-state index contributed by atoms with van der Waals surface area (Å²) in [6.07, 6.45) is 4.60. The number of likely N-dealkylation sites (tertiary alicyclic amines) is 1. The summed E-state index contributed by atoms with van der Waals surface area (Å²) >= 11 is 6.09. The minimum Gasteiger partial charge on any atom is -0.353 e. The van der Waals surface area contributed by atoms with Crippen LogP contribution in [0.3, 0.4) is 0 Å². The molecular weight excluding hydrogens is 300 g/mol. The highest BCUT2D eigenvalue weighted by Gasteiger charge is 2.28. The van der Waals surface area contributed by atoms with Crippen LogP contribution in [0.5, 0.6) is 0 Å². The molecule has 1 heterocycles. The Morgan fingerprint density at radius 1 is 1.14 bits per heavy atom. The number of carbonyl (C=O) groups is 2. The molecule has 1 N–H and O–H groups in total. The molecule has 5 heteroatoms. The Morgan fingerprint density at radius 2 is 1.82 bits per heavy atom. The largest absolute Gasteiger partial charge is 0.353 e. The summed E-state index contributed by atoms with van der Waals surface area (Å²) in [5.74, 6) is 0.541. The number of amides is 2. The van der Waals surface area contributed by atoms with Gasteiger partial charge in [0.15, 0.2) is 0 Å². The molecule has 118 valence electrons. The van der Waals surface area contributed by atoms with Crippen molar-refractivity contribution in [3.8, 4) is 0 Å². The summed E-state index contributed by atoms with van der Waals surface area (Å²) in [5, 5.41) is 3.53. The summed E-state index contributed by atoms with van der Waals surface area (Å²) in [5.41, 5.74) is 0.564. The van der Waals surface area contributed by atoms with Crippen LogP contribution in [0.1, 0.15) is 42.5 Å². The van der Waals surface area contributed by atoms with E-state index in [1.165, 1.54) is 0 Å². The van der Waals surface area contributed by atoms with Gasteiger partial charge in [-0.05, 0) is 43.7 Å². The lowest BCUT2D eigenvalue weighted by molar-refractivity contribution is -0.122. The van der Waals surface area contributed by atoms with E-state index in [0.717, 1.165) is 25.7 Å². The molecule has 0 aromatic heterocycles. The first-order valence-corrected chi connectivity index (χ1v) is 8.34. The first-order valence-electron chi connectivity index (χ1n) is 7.96. The van der Waals surface area contributed by atoms with E-state index in [4.69, 9.17) is 11.6 Å². The third-order valence-corrected chi connectivity index (χ3v) is 4.75. The molecule has 2 amide bonds. The van der Waals surface area contributed by atoms with Crippen LogP contribution in [0.25, 0.3) is 0 Å². The smallest absolute Gasteiger partial charge is 0.255 e. The zero-order valence-electron chi connectivity index (χ0n) is 12.6. The number of halogens is 1. The minimum atomic E-state index is -0.00789. The lowest BCUT2D eigenvalue weighted by Crippen LogP contribution is -2.40. The molecule has 2 fully saturated rings. The number of benzene rings is 1. The topological polar surface area (TPSA) is 49.4 Å². The van der Waals surface area contributed by atoms with Crippen molar-refractivity contribution >= 4 is 23.4 Å². The molecule has 0 unspecified atom stereocenters. The Labute approximate surface area is 135 Å². The highest BCUT2D eigenvalue weighted by Crippen LogP contribution is 2.25. The minimum absolute atomic E-state index is 0.00789. The van der Waals surface area contributed by atoms with E-state index in [2.05, 4.69) is 5.32 Å². The summed E-state index contributed by atoms with van der Waals surface area (Å²) < 4.78 is 0. The van der Waals surface area contributed by atoms with E-state index in [9.17, 15) is 9.59 Å². The van der Waals surface area contributed by atoms with E-state index in [1.807, 2.05) is 17.0 Å². The zero-order chi connectivity index (χ0) is 15.5. The van der Waals surface area contributed by atoms with Crippen molar-refractivity contribution in [1.82, 2.24) is 10.2 Å². The predicted octanol–water partition coefficient (Wildman–Crippen LogP) is 2.86. The Bertz CT molecular complexity index is 564. The second-order valence-corrected chi connectivity index (χ2v) is 6.67. The van der Waals surface area contributed by atoms with Gasteiger partial charge in [0.05, 0.1) is 10.6 Å². The van der Waals surface area contributed by atoms with Gasteiger partial charge in [0.25, 0.3) is 5.91 Å². The number of nitrogens with zero attached hydrogens (tertiary/aromatic N) is 1. The van der Waals surface area contributed by atoms with E-state index < -0.39 is 0 Å². The van der Waals surface area contributed by atoms with Crippen LogP contribution in [0.2, 0.25) is 5.02 Å². The molecule has 2 aliphatic rings. The van der Waals surface area contributed by atoms with Gasteiger partial charge in [-0.2, -0.15) is 0 Å². The van der Waals surface area contributed by atoms with Crippen molar-refractivity contribution in [1.29, 1.82) is 0 Å². The summed E-state index contributed by atoms with van der Waals surface area (Å²) in [6.45, 7) is 1.40. The van der Waals surface area contributed by atoms with Gasteiger partial charge in [-0.3, -0.25) is 9.59 Å². The van der Waals surface area contributed by atoms with Crippen molar-refractivity contribution in [2.75, 3.05) is 13.1 Å². The Kier molecular flexibility index (Phi) is 4.67. The molecule has 1 aliphatic carbocycles. The molecule has 3 rings (SSSR count). The van der Waals surface area contributed by atoms with Crippen molar-refractivity contribution in [3.63, 3.8) is 0 Å². The quantitative estimate of drug-likeness (QED) is 0.927. The molecule has 1 saturated heterocycles. The lowest BCUT2D eigenvalue weighted by atomic mass is 9.93. The molecule has 4 nitrogen and oxygen atoms in total. The zero-order valence-corrected chi connectivity index (χ0v) is 13.3. The van der Waals surface area contributed by atoms with Crippen LogP contribution >= 0.6 is 11.6 Å². The van der Waals surface area contributed by atoms with Gasteiger partial charge in [-0.25, -0.2) is 0 Å². The third kappa shape index (κ3) is 3.80. The van der Waals surface area contributed by atoms with Crippen LogP contribution < -0.4 is 5.32 Å². The number of hydrogen-bond acceptors (Lipinski definition) is 2. The molecule has 22 heavy (non-hydrogen) atoms. The monoisotopic (exact) mass is 320 g/mol. The van der Waals surface area contributed by atoms with Crippen molar-refractivity contribution < 1.29 is 9.59 Å². The molecule has 0 radical (unpaired) electrons. The number of piperidine rings is 1. The van der Waals surface area contributed by atoms with Crippen molar-refractivity contribution in [2.45, 2.75) is 38.1 Å². The van der Waals surface area contributed by atoms with Gasteiger partial charge < -0.3 is 10.2 Å². The average molecular weight is 321 g/mol. The van der Waals surface area contributed by atoms with E-state index in [0.29, 0.717) is 42.1 Å². The number of hydrogen-bond donors (Lipinski definition) is 1. The molecule has 0 bridgehead atoms. The van der Waals surface area contributed by atoms with Gasteiger partial charge in [0.1, 0.15) is 0 Å². The summed E-state index contributed by atoms with van der Waals surface area (Å²) in [7, 11) is 0. The van der Waals surface area contributed by atoms with Crippen LogP contribution in [-0.4, -0.2) is 35.8 Å². The first-order chi connectivity index (χ1) is 10.6. The standard InChI is InChI=1S/C17H21ClN2O2/c18-15-4-2-1-3-14(15)17(22)20-9-7-12(8-10-20)11-16(21)19-13-5-6-13/h1-4,12-13H,5-11H2,(H,19,21). The maximum Gasteiger partial charge on any atom is 0.255 e. The van der Waals surface area contributed by atoms with Crippen LogP contribution in [-0.2, 0) is 4.79 Å². The Morgan fingerprint density at radius 3 is 2.45 bits per heavy atom. The molecule has 1 aromatic rings. The fourth-order valence-electron chi connectivity index (χ4n) is 2.92. The molecule has 1 aromatic carbocycles. The third-order valence-electron chi connectivity index (χ3n) is 4.42. The predicted molar refractivity (Wildman–Crippen MR) is 85.9 cm³/mol. The SMILES string of the molecule is O=C(CC1CCN(C(=O)c2ccccc2Cl)CC1)NC1CC1. The van der Waals surface area contributed by atoms with E-state index in [-0.39, 0.29) is 11.8 Å². The molecule has 1 aliphatic heterocycles. The van der Waals surface area contributed by atoms with Gasteiger partial charge in [-0.15, -0.1) is 0 Å².